The van der Waals surface area contributed by atoms with Crippen LogP contribution in [0, 0.1) is 15.9 Å². The van der Waals surface area contributed by atoms with Crippen LogP contribution in [-0.4, -0.2) is 16.4 Å². The molecule has 0 aliphatic heterocycles. The molecule has 3 N–H and O–H groups in total. The van der Waals surface area contributed by atoms with Gasteiger partial charge in [0.05, 0.1) is 16.0 Å². The number of nitrogens with one attached hydrogen (secondary N) is 1. The molecule has 0 saturated carbocycles. The van der Waals surface area contributed by atoms with Crippen LogP contribution < -0.4 is 11.1 Å². The number of nitro benzene ring substituents is 1. The molecular weight excluding hydrogens is 277 g/mol. The van der Waals surface area contributed by atoms with E-state index >= 15 is 0 Å². The first-order valence-electron chi connectivity index (χ1n) is 5.32. The number of nitrogens with two attached hydrogens (primary N) is 1. The maximum absolute atomic E-state index is 13.2. The van der Waals surface area contributed by atoms with Crippen LogP contribution >= 0.6 is 11.6 Å². The standard InChI is InChI=1S/C11H13ClFN3O3/c1-11(2,5-10(14)17)15-8-3-6(12)7(13)4-9(8)16(18)19/h3-4,15H,5H2,1-2H3,(H2,14,17). The predicted octanol–water partition coefficient (Wildman–Crippen LogP) is 2.45. The number of primary amides is 1. The predicted molar refractivity (Wildman–Crippen MR) is 69.6 cm³/mol. The van der Waals surface area contributed by atoms with Crippen molar-refractivity contribution in [2.24, 2.45) is 5.73 Å². The summed E-state index contributed by atoms with van der Waals surface area (Å²) in [4.78, 5) is 21.0. The van der Waals surface area contributed by atoms with E-state index in [2.05, 4.69) is 5.32 Å². The second kappa shape index (κ2) is 5.40. The van der Waals surface area contributed by atoms with Crippen molar-refractivity contribution in [2.75, 3.05) is 5.32 Å². The van der Waals surface area contributed by atoms with E-state index in [0.29, 0.717) is 0 Å². The monoisotopic (exact) mass is 289 g/mol. The Balaban J connectivity index is 3.16. The lowest BCUT2D eigenvalue weighted by molar-refractivity contribution is -0.384. The summed E-state index contributed by atoms with van der Waals surface area (Å²) >= 11 is 5.60. The summed E-state index contributed by atoms with van der Waals surface area (Å²) in [7, 11) is 0. The Morgan fingerprint density at radius 2 is 2.16 bits per heavy atom. The van der Waals surface area contributed by atoms with Gasteiger partial charge in [-0.05, 0) is 19.9 Å². The molecule has 0 radical (unpaired) electrons. The van der Waals surface area contributed by atoms with Crippen molar-refractivity contribution in [3.05, 3.63) is 33.1 Å². The zero-order valence-electron chi connectivity index (χ0n) is 10.4. The zero-order valence-corrected chi connectivity index (χ0v) is 11.1. The van der Waals surface area contributed by atoms with E-state index in [0.717, 1.165) is 12.1 Å². The Morgan fingerprint density at radius 1 is 1.58 bits per heavy atom. The first-order chi connectivity index (χ1) is 8.62. The lowest BCUT2D eigenvalue weighted by Crippen LogP contribution is -2.36. The summed E-state index contributed by atoms with van der Waals surface area (Å²) in [6.07, 6.45) is -0.0425. The molecule has 0 bridgehead atoms. The van der Waals surface area contributed by atoms with Crippen LogP contribution in [0.25, 0.3) is 0 Å². The van der Waals surface area contributed by atoms with Gasteiger partial charge in [-0.2, -0.15) is 0 Å². The molecule has 0 saturated heterocycles. The fourth-order valence-corrected chi connectivity index (χ4v) is 1.80. The molecular formula is C11H13ClFN3O3. The molecule has 0 spiro atoms. The van der Waals surface area contributed by atoms with Gasteiger partial charge < -0.3 is 11.1 Å². The van der Waals surface area contributed by atoms with E-state index in [1.165, 1.54) is 0 Å². The molecule has 0 atom stereocenters. The number of anilines is 1. The van der Waals surface area contributed by atoms with E-state index in [4.69, 9.17) is 17.3 Å². The van der Waals surface area contributed by atoms with Crippen molar-refractivity contribution in [2.45, 2.75) is 25.8 Å². The SMILES string of the molecule is CC(C)(CC(N)=O)Nc1cc(Cl)c(F)cc1[N+](=O)[O-]. The number of amides is 1. The van der Waals surface area contributed by atoms with Crippen molar-refractivity contribution >= 4 is 28.9 Å². The molecule has 104 valence electrons. The molecule has 1 aromatic carbocycles. The minimum Gasteiger partial charge on any atom is -0.374 e. The number of benzene rings is 1. The van der Waals surface area contributed by atoms with Gasteiger partial charge in [-0.1, -0.05) is 11.6 Å². The molecule has 0 aliphatic carbocycles. The molecule has 8 heteroatoms. The van der Waals surface area contributed by atoms with E-state index in [1.807, 2.05) is 0 Å². The summed E-state index contributed by atoms with van der Waals surface area (Å²) in [5.74, 6) is -1.44. The zero-order chi connectivity index (χ0) is 14.8. The topological polar surface area (TPSA) is 98.3 Å². The number of carbonyl (C=O) groups excluding carboxylic acids is 1. The number of carbonyl (C=O) groups is 1. The third kappa shape index (κ3) is 4.06. The Kier molecular flexibility index (Phi) is 4.31. The van der Waals surface area contributed by atoms with Gasteiger partial charge in [-0.3, -0.25) is 14.9 Å². The van der Waals surface area contributed by atoms with Crippen molar-refractivity contribution in [1.29, 1.82) is 0 Å². The van der Waals surface area contributed by atoms with Crippen molar-refractivity contribution in [3.63, 3.8) is 0 Å². The van der Waals surface area contributed by atoms with Crippen molar-refractivity contribution in [1.82, 2.24) is 0 Å². The first kappa shape index (κ1) is 15.2. The van der Waals surface area contributed by atoms with Crippen LogP contribution in [0.3, 0.4) is 0 Å². The third-order valence-electron chi connectivity index (χ3n) is 2.32. The van der Waals surface area contributed by atoms with E-state index in [-0.39, 0.29) is 17.1 Å². The van der Waals surface area contributed by atoms with Crippen LogP contribution in [0.1, 0.15) is 20.3 Å². The normalized spacial score (nSPS) is 11.2. The Morgan fingerprint density at radius 3 is 2.63 bits per heavy atom. The molecule has 6 nitrogen and oxygen atoms in total. The number of rotatable bonds is 5. The summed E-state index contributed by atoms with van der Waals surface area (Å²) in [6, 6.07) is 1.84. The number of halogens is 2. The van der Waals surface area contributed by atoms with E-state index in [1.54, 1.807) is 13.8 Å². The van der Waals surface area contributed by atoms with Crippen LogP contribution in [0.2, 0.25) is 5.02 Å². The van der Waals surface area contributed by atoms with Crippen LogP contribution in [0.15, 0.2) is 12.1 Å². The maximum Gasteiger partial charge on any atom is 0.295 e. The molecule has 1 amide bonds. The minimum atomic E-state index is -0.883. The summed E-state index contributed by atoms with van der Waals surface area (Å²) < 4.78 is 13.2. The van der Waals surface area contributed by atoms with Gasteiger partial charge in [0.2, 0.25) is 5.91 Å². The van der Waals surface area contributed by atoms with Gasteiger partial charge in [0.1, 0.15) is 11.5 Å². The number of hydrogen-bond donors (Lipinski definition) is 2. The summed E-state index contributed by atoms with van der Waals surface area (Å²) in [6.45, 7) is 3.28. The average Bonchev–Trinajstić information content (AvgIpc) is 2.19. The Bertz CT molecular complexity index is 534. The fourth-order valence-electron chi connectivity index (χ4n) is 1.63. The van der Waals surface area contributed by atoms with Crippen molar-refractivity contribution < 1.29 is 14.1 Å². The lowest BCUT2D eigenvalue weighted by atomic mass is 9.99. The Hall–Kier alpha value is -1.89. The molecule has 0 fully saturated rings. The van der Waals surface area contributed by atoms with Gasteiger partial charge in [0.15, 0.2) is 0 Å². The Labute approximate surface area is 113 Å². The highest BCUT2D eigenvalue weighted by Crippen LogP contribution is 2.32. The second-order valence-corrected chi connectivity index (χ2v) is 5.10. The highest BCUT2D eigenvalue weighted by molar-refractivity contribution is 6.31. The van der Waals surface area contributed by atoms with Gasteiger partial charge in [0.25, 0.3) is 5.69 Å². The lowest BCUT2D eigenvalue weighted by Gasteiger charge is -2.26. The van der Waals surface area contributed by atoms with Gasteiger partial charge in [-0.25, -0.2) is 4.39 Å². The smallest absolute Gasteiger partial charge is 0.295 e. The fraction of sp³-hybridized carbons (Fsp3) is 0.364. The minimum absolute atomic E-state index is 0.0302. The number of nitrogens with zero attached hydrogens (tertiary/aromatic N) is 1. The van der Waals surface area contributed by atoms with Crippen LogP contribution in [0.5, 0.6) is 0 Å². The van der Waals surface area contributed by atoms with E-state index < -0.39 is 27.9 Å². The number of hydrogen-bond acceptors (Lipinski definition) is 4. The maximum atomic E-state index is 13.2. The second-order valence-electron chi connectivity index (χ2n) is 4.69. The molecule has 19 heavy (non-hydrogen) atoms. The molecule has 0 aromatic heterocycles. The van der Waals surface area contributed by atoms with Crippen LogP contribution in [0.4, 0.5) is 15.8 Å². The third-order valence-corrected chi connectivity index (χ3v) is 2.61. The largest absolute Gasteiger partial charge is 0.374 e. The van der Waals surface area contributed by atoms with Crippen LogP contribution in [-0.2, 0) is 4.79 Å². The van der Waals surface area contributed by atoms with Crippen molar-refractivity contribution in [3.8, 4) is 0 Å². The molecule has 1 aromatic rings. The van der Waals surface area contributed by atoms with Gasteiger partial charge in [0, 0.05) is 12.0 Å². The van der Waals surface area contributed by atoms with Gasteiger partial charge in [-0.15, -0.1) is 0 Å². The highest BCUT2D eigenvalue weighted by Gasteiger charge is 2.25. The summed E-state index contributed by atoms with van der Waals surface area (Å²) in [5, 5.41) is 13.4. The number of nitro groups is 1. The highest BCUT2D eigenvalue weighted by atomic mass is 35.5. The van der Waals surface area contributed by atoms with E-state index in [9.17, 15) is 19.3 Å². The molecule has 0 unspecified atom stereocenters. The molecule has 0 heterocycles. The average molecular weight is 290 g/mol. The quantitative estimate of drug-likeness (QED) is 0.642. The van der Waals surface area contributed by atoms with Gasteiger partial charge >= 0.3 is 0 Å². The summed E-state index contributed by atoms with van der Waals surface area (Å²) in [5.41, 5.74) is 3.83. The molecule has 1 rings (SSSR count). The first-order valence-corrected chi connectivity index (χ1v) is 5.70. The molecule has 0 aliphatic rings.